The maximum Gasteiger partial charge on any atom is 0.416 e. The van der Waals surface area contributed by atoms with Crippen LogP contribution < -0.4 is 5.32 Å². The summed E-state index contributed by atoms with van der Waals surface area (Å²) in [6.07, 6.45) is -2.09. The average molecular weight is 591 g/mol. The summed E-state index contributed by atoms with van der Waals surface area (Å²) in [7, 11) is 2.00. The molecule has 1 amide bonds. The van der Waals surface area contributed by atoms with Gasteiger partial charge in [0, 0.05) is 50.2 Å². The van der Waals surface area contributed by atoms with Gasteiger partial charge < -0.3 is 10.2 Å². The number of carbonyl (C=O) groups is 1. The van der Waals surface area contributed by atoms with Gasteiger partial charge in [-0.15, -0.1) is 10.2 Å². The number of benzene rings is 2. The fourth-order valence-corrected chi connectivity index (χ4v) is 4.85. The Balaban J connectivity index is 0.000000197. The number of amides is 1. The fourth-order valence-electron chi connectivity index (χ4n) is 4.85. The molecule has 3 heterocycles. The first-order valence-corrected chi connectivity index (χ1v) is 14.2. The van der Waals surface area contributed by atoms with E-state index < -0.39 is 11.7 Å². The number of alkyl halides is 3. The molecule has 226 valence electrons. The summed E-state index contributed by atoms with van der Waals surface area (Å²) >= 11 is 0. The van der Waals surface area contributed by atoms with Crippen LogP contribution in [0.15, 0.2) is 54.7 Å². The summed E-state index contributed by atoms with van der Waals surface area (Å²) in [5.41, 5.74) is 5.21. The number of nitrogens with zero attached hydrogens (tertiary/aromatic N) is 5. The summed E-state index contributed by atoms with van der Waals surface area (Å²) in [6.45, 7) is 11.9. The Bertz CT molecular complexity index is 1630. The topological polar surface area (TPSA) is 65.8 Å². The number of hydrogen-bond donors (Lipinski definition) is 1. The number of nitrogens with one attached hydrogen (secondary N) is 1. The minimum Gasteiger partial charge on any atom is -0.329 e. The summed E-state index contributed by atoms with van der Waals surface area (Å²) in [4.78, 5) is 14.5. The Morgan fingerprint density at radius 2 is 1.74 bits per heavy atom. The Morgan fingerprint density at radius 3 is 2.42 bits per heavy atom. The van der Waals surface area contributed by atoms with Gasteiger partial charge in [0.2, 0.25) is 12.2 Å². The Morgan fingerprint density at radius 1 is 1.00 bits per heavy atom. The van der Waals surface area contributed by atoms with Crippen molar-refractivity contribution in [1.29, 1.82) is 0 Å². The molecule has 0 atom stereocenters. The number of hydrogen-bond acceptors (Lipinski definition) is 5. The van der Waals surface area contributed by atoms with Gasteiger partial charge in [0.25, 0.3) is 0 Å². The molecule has 1 aliphatic rings. The van der Waals surface area contributed by atoms with Gasteiger partial charge in [0.1, 0.15) is 0 Å². The second-order valence-corrected chi connectivity index (χ2v) is 11.1. The van der Waals surface area contributed by atoms with E-state index in [1.165, 1.54) is 28.8 Å². The molecule has 43 heavy (non-hydrogen) atoms. The lowest BCUT2D eigenvalue weighted by molar-refractivity contribution is -0.138. The van der Waals surface area contributed by atoms with E-state index in [4.69, 9.17) is 0 Å². The standard InChI is InChI=1S/C19H19N3.C14H18F3N3O/c1-13(2)17-6-5-11-22-18(20-21-19(17)22)10-9-16-12-14(3)7-8-15(16)4;1-19-4-6-20(7-5-19)9-11-2-3-12(18-10-21)8-13(11)14(15,16)17/h5-8,11-13H,1-4H3;2-3,8,10H,4-7,9H2,1H3,(H,18,21). The lowest BCUT2D eigenvalue weighted by Gasteiger charge is -2.33. The first-order valence-electron chi connectivity index (χ1n) is 14.2. The molecule has 2 aromatic carbocycles. The first kappa shape index (κ1) is 31.7. The number of rotatable bonds is 5. The molecule has 5 rings (SSSR count). The highest BCUT2D eigenvalue weighted by molar-refractivity contribution is 5.71. The third-order valence-corrected chi connectivity index (χ3v) is 7.42. The molecule has 0 aliphatic carbocycles. The van der Waals surface area contributed by atoms with Crippen molar-refractivity contribution in [2.24, 2.45) is 0 Å². The second kappa shape index (κ2) is 13.8. The average Bonchev–Trinajstić information content (AvgIpc) is 3.38. The molecular weight excluding hydrogens is 553 g/mol. The van der Waals surface area contributed by atoms with Crippen LogP contribution in [0, 0.1) is 25.7 Å². The van der Waals surface area contributed by atoms with Gasteiger partial charge in [-0.05, 0) is 79.3 Å². The minimum atomic E-state index is -4.43. The molecule has 1 N–H and O–H groups in total. The van der Waals surface area contributed by atoms with Crippen molar-refractivity contribution in [1.82, 2.24) is 24.4 Å². The van der Waals surface area contributed by atoms with Gasteiger partial charge in [-0.25, -0.2) is 0 Å². The fraction of sp³-hybridized carbons (Fsp3) is 0.364. The van der Waals surface area contributed by atoms with Crippen molar-refractivity contribution < 1.29 is 18.0 Å². The van der Waals surface area contributed by atoms with Crippen molar-refractivity contribution in [3.63, 3.8) is 0 Å². The van der Waals surface area contributed by atoms with Crippen molar-refractivity contribution in [2.75, 3.05) is 38.5 Å². The van der Waals surface area contributed by atoms with Gasteiger partial charge >= 0.3 is 6.18 Å². The van der Waals surface area contributed by atoms with Crippen LogP contribution in [0.3, 0.4) is 0 Å². The number of fused-ring (bicyclic) bond motifs is 1. The molecule has 2 aromatic heterocycles. The Hall–Kier alpha value is -4.20. The molecule has 7 nitrogen and oxygen atoms in total. The van der Waals surface area contributed by atoms with E-state index in [-0.39, 0.29) is 17.8 Å². The van der Waals surface area contributed by atoms with E-state index in [0.717, 1.165) is 43.5 Å². The van der Waals surface area contributed by atoms with E-state index in [1.54, 1.807) is 0 Å². The monoisotopic (exact) mass is 590 g/mol. The zero-order valence-corrected chi connectivity index (χ0v) is 25.2. The van der Waals surface area contributed by atoms with Crippen LogP contribution in [0.25, 0.3) is 5.65 Å². The summed E-state index contributed by atoms with van der Waals surface area (Å²) in [5.74, 6) is 7.47. The molecule has 0 spiro atoms. The van der Waals surface area contributed by atoms with Crippen LogP contribution in [0.1, 0.15) is 59.0 Å². The van der Waals surface area contributed by atoms with Crippen molar-refractivity contribution in [3.8, 4) is 11.8 Å². The van der Waals surface area contributed by atoms with Gasteiger partial charge in [0.05, 0.1) is 5.56 Å². The smallest absolute Gasteiger partial charge is 0.329 e. The molecule has 1 saturated heterocycles. The number of likely N-dealkylation sites (N-methyl/N-ethyl adjacent to an activating group) is 1. The van der Waals surface area contributed by atoms with E-state index in [0.29, 0.717) is 18.2 Å². The highest BCUT2D eigenvalue weighted by Crippen LogP contribution is 2.34. The van der Waals surface area contributed by atoms with Crippen molar-refractivity contribution >= 4 is 17.7 Å². The predicted molar refractivity (Wildman–Crippen MR) is 163 cm³/mol. The van der Waals surface area contributed by atoms with Gasteiger partial charge in [-0.3, -0.25) is 14.1 Å². The lowest BCUT2D eigenvalue weighted by Crippen LogP contribution is -2.44. The quantitative estimate of drug-likeness (QED) is 0.232. The summed E-state index contributed by atoms with van der Waals surface area (Å²) < 4.78 is 41.4. The highest BCUT2D eigenvalue weighted by atomic mass is 19.4. The van der Waals surface area contributed by atoms with Crippen molar-refractivity contribution in [2.45, 2.75) is 46.3 Å². The van der Waals surface area contributed by atoms with Crippen LogP contribution >= 0.6 is 0 Å². The van der Waals surface area contributed by atoms with Crippen LogP contribution in [0.4, 0.5) is 18.9 Å². The van der Waals surface area contributed by atoms with Crippen LogP contribution in [0.5, 0.6) is 0 Å². The largest absolute Gasteiger partial charge is 0.416 e. The minimum absolute atomic E-state index is 0.152. The number of anilines is 1. The predicted octanol–water partition coefficient (Wildman–Crippen LogP) is 5.89. The van der Waals surface area contributed by atoms with Gasteiger partial charge in [-0.2, -0.15) is 13.2 Å². The third-order valence-electron chi connectivity index (χ3n) is 7.42. The Kier molecular flexibility index (Phi) is 10.2. The second-order valence-electron chi connectivity index (χ2n) is 11.1. The van der Waals surface area contributed by atoms with Gasteiger partial charge in [-0.1, -0.05) is 44.0 Å². The van der Waals surface area contributed by atoms with E-state index >= 15 is 0 Å². The number of halogens is 3. The molecule has 1 fully saturated rings. The Labute approximate surface area is 250 Å². The SMILES string of the molecule is CN1CCN(Cc2ccc(NC=O)cc2C(F)(F)F)CC1.Cc1ccc(C)c(C#Cc2nnc3c(C(C)C)cccn23)c1. The maximum atomic E-state index is 13.1. The number of aryl methyl sites for hydroxylation is 2. The molecule has 0 saturated carbocycles. The van der Waals surface area contributed by atoms with Crippen LogP contribution in [-0.4, -0.2) is 64.0 Å². The van der Waals surface area contributed by atoms with Crippen LogP contribution in [-0.2, 0) is 17.5 Å². The molecule has 10 heteroatoms. The van der Waals surface area contributed by atoms with E-state index in [2.05, 4.69) is 84.2 Å². The van der Waals surface area contributed by atoms with E-state index in [1.807, 2.05) is 28.6 Å². The maximum absolute atomic E-state index is 13.1. The molecule has 4 aromatic rings. The molecule has 0 unspecified atom stereocenters. The van der Waals surface area contributed by atoms with Gasteiger partial charge in [0.15, 0.2) is 5.65 Å². The number of piperazine rings is 1. The zero-order chi connectivity index (χ0) is 31.1. The summed E-state index contributed by atoms with van der Waals surface area (Å²) in [5, 5.41) is 10.8. The lowest BCUT2D eigenvalue weighted by atomic mass is 10.0. The number of carbonyl (C=O) groups excluding carboxylic acids is 1. The van der Waals surface area contributed by atoms with Crippen LogP contribution in [0.2, 0.25) is 0 Å². The molecule has 0 bridgehead atoms. The number of pyridine rings is 1. The van der Waals surface area contributed by atoms with Crippen molar-refractivity contribution in [3.05, 3.63) is 93.9 Å². The highest BCUT2D eigenvalue weighted by Gasteiger charge is 2.34. The summed E-state index contributed by atoms with van der Waals surface area (Å²) in [6, 6.07) is 14.3. The first-order chi connectivity index (χ1) is 20.5. The van der Waals surface area contributed by atoms with E-state index in [9.17, 15) is 18.0 Å². The number of aromatic nitrogens is 3. The normalized spacial score (nSPS) is 14.2. The molecule has 0 radical (unpaired) electrons. The zero-order valence-electron chi connectivity index (χ0n) is 25.2. The molecular formula is C33H37F3N6O. The third kappa shape index (κ3) is 8.21. The molecule has 1 aliphatic heterocycles.